The van der Waals surface area contributed by atoms with Gasteiger partial charge in [-0.2, -0.15) is 0 Å². The fourth-order valence-corrected chi connectivity index (χ4v) is 12.5. The molecule has 2 unspecified atom stereocenters. The second kappa shape index (κ2) is 71.6. The third-order valence-electron chi connectivity index (χ3n) is 17.3. The van der Waals surface area contributed by atoms with Crippen LogP contribution in [0.4, 0.5) is 0 Å². The maximum Gasteiger partial charge on any atom is 0.472 e. The van der Waals surface area contributed by atoms with E-state index in [4.69, 9.17) is 24.3 Å². The van der Waals surface area contributed by atoms with E-state index in [0.29, 0.717) is 6.42 Å². The van der Waals surface area contributed by atoms with Gasteiger partial charge in [0.1, 0.15) is 6.61 Å². The van der Waals surface area contributed by atoms with Crippen molar-refractivity contribution in [3.8, 4) is 0 Å². The zero-order chi connectivity index (χ0) is 61.6. The van der Waals surface area contributed by atoms with E-state index in [1.807, 2.05) is 0 Å². The molecule has 2 atom stereocenters. The summed E-state index contributed by atoms with van der Waals surface area (Å²) in [4.78, 5) is 35.4. The van der Waals surface area contributed by atoms with Gasteiger partial charge in [0.15, 0.2) is 6.10 Å². The minimum Gasteiger partial charge on any atom is -0.462 e. The highest BCUT2D eigenvalue weighted by Crippen LogP contribution is 2.43. The van der Waals surface area contributed by atoms with Crippen molar-refractivity contribution in [2.75, 3.05) is 26.4 Å². The average molecular weight is 1220 g/mol. The fourth-order valence-electron chi connectivity index (χ4n) is 11.7. The summed E-state index contributed by atoms with van der Waals surface area (Å²) in [6, 6.07) is 0. The van der Waals surface area contributed by atoms with Crippen LogP contribution in [0.5, 0.6) is 0 Å². The lowest BCUT2D eigenvalue weighted by Crippen LogP contribution is -2.29. The molecule has 0 aromatic rings. The molecule has 0 bridgehead atoms. The second-order valence-corrected chi connectivity index (χ2v) is 27.3. The first-order valence-corrected chi connectivity index (χ1v) is 39.3. The van der Waals surface area contributed by atoms with Gasteiger partial charge >= 0.3 is 19.8 Å². The van der Waals surface area contributed by atoms with Crippen molar-refractivity contribution >= 4 is 19.8 Å². The molecule has 0 aromatic heterocycles. The Hall–Kier alpha value is -1.51. The molecule has 0 heterocycles. The van der Waals surface area contributed by atoms with E-state index in [0.717, 1.165) is 38.5 Å². The Morgan fingerprint density at radius 3 is 0.894 bits per heavy atom. The first-order chi connectivity index (χ1) is 41.8. The molecular weight excluding hydrogens is 1070 g/mol. The number of rotatable bonds is 73. The maximum atomic E-state index is 12.8. The molecule has 504 valence electrons. The van der Waals surface area contributed by atoms with Gasteiger partial charge in [0.25, 0.3) is 0 Å². The Morgan fingerprint density at radius 1 is 0.353 bits per heavy atom. The molecule has 0 rings (SSSR count). The van der Waals surface area contributed by atoms with Gasteiger partial charge in [-0.3, -0.25) is 18.6 Å². The van der Waals surface area contributed by atoms with Crippen molar-refractivity contribution < 1.29 is 37.6 Å². The third kappa shape index (κ3) is 71.4. The summed E-state index contributed by atoms with van der Waals surface area (Å²) in [5, 5.41) is 0. The van der Waals surface area contributed by atoms with E-state index in [1.54, 1.807) is 0 Å². The lowest BCUT2D eigenvalue weighted by molar-refractivity contribution is -0.161. The monoisotopic (exact) mass is 1220 g/mol. The van der Waals surface area contributed by atoms with Crippen LogP contribution in [-0.4, -0.2) is 49.3 Å². The normalized spacial score (nSPS) is 12.9. The molecule has 3 N–H and O–H groups in total. The minimum atomic E-state index is -4.39. The van der Waals surface area contributed by atoms with Gasteiger partial charge in [-0.15, -0.1) is 0 Å². The van der Waals surface area contributed by atoms with Crippen molar-refractivity contribution in [2.24, 2.45) is 5.73 Å². The summed E-state index contributed by atoms with van der Waals surface area (Å²) in [6.07, 6.45) is 88.8. The lowest BCUT2D eigenvalue weighted by atomic mass is 10.0. The molecule has 0 saturated heterocycles. The number of phosphoric ester groups is 1. The quantitative estimate of drug-likeness (QED) is 0.0264. The second-order valence-electron chi connectivity index (χ2n) is 25.9. The number of ether oxygens (including phenoxy) is 2. The maximum absolute atomic E-state index is 12.8. The highest BCUT2D eigenvalue weighted by molar-refractivity contribution is 7.47. The molecule has 85 heavy (non-hydrogen) atoms. The molecule has 0 aliphatic rings. The van der Waals surface area contributed by atoms with E-state index in [-0.39, 0.29) is 38.6 Å². The average Bonchev–Trinajstić information content (AvgIpc) is 3.52. The van der Waals surface area contributed by atoms with E-state index < -0.39 is 26.5 Å². The highest BCUT2D eigenvalue weighted by atomic mass is 31.2. The van der Waals surface area contributed by atoms with Crippen molar-refractivity contribution in [1.82, 2.24) is 0 Å². The smallest absolute Gasteiger partial charge is 0.462 e. The van der Waals surface area contributed by atoms with Crippen LogP contribution in [-0.2, 0) is 32.7 Å². The Morgan fingerprint density at radius 2 is 0.612 bits per heavy atom. The predicted molar refractivity (Wildman–Crippen MR) is 368 cm³/mol. The van der Waals surface area contributed by atoms with E-state index in [1.165, 1.54) is 340 Å². The molecular formula is C75H146NO8P. The molecule has 0 radical (unpaired) electrons. The Bertz CT molecular complexity index is 1440. The highest BCUT2D eigenvalue weighted by Gasteiger charge is 2.26. The van der Waals surface area contributed by atoms with Gasteiger partial charge < -0.3 is 20.1 Å². The van der Waals surface area contributed by atoms with Crippen LogP contribution in [0, 0.1) is 0 Å². The van der Waals surface area contributed by atoms with Gasteiger partial charge in [0.05, 0.1) is 13.2 Å². The number of hydrogen-bond acceptors (Lipinski definition) is 8. The number of allylic oxidation sites excluding steroid dienone is 4. The van der Waals surface area contributed by atoms with Crippen LogP contribution >= 0.6 is 7.82 Å². The predicted octanol–water partition coefficient (Wildman–Crippen LogP) is 24.9. The minimum absolute atomic E-state index is 0.0578. The molecule has 0 saturated carbocycles. The van der Waals surface area contributed by atoms with Crippen LogP contribution in [0.15, 0.2) is 24.3 Å². The Labute approximate surface area is 529 Å². The summed E-state index contributed by atoms with van der Waals surface area (Å²) in [6.45, 7) is 3.82. The number of carbonyl (C=O) groups is 2. The molecule has 9 nitrogen and oxygen atoms in total. The first kappa shape index (κ1) is 83.5. The first-order valence-electron chi connectivity index (χ1n) is 37.8. The SMILES string of the molecule is CCCCCCC/C=C\C/C=C\CCCCCCCCCCCCCCCCCCCCCCCCCCCCCCCC(=O)OC(COC(=O)CCCCCCCCCCCCCCCCCCCCCCCCC)COP(=O)(O)OCCN. The number of hydrogen-bond donors (Lipinski definition) is 2. The number of phosphoric acid groups is 1. The molecule has 0 spiro atoms. The largest absolute Gasteiger partial charge is 0.472 e. The van der Waals surface area contributed by atoms with Crippen LogP contribution in [0.3, 0.4) is 0 Å². The molecule has 10 heteroatoms. The lowest BCUT2D eigenvalue weighted by Gasteiger charge is -2.19. The molecule has 0 amide bonds. The van der Waals surface area contributed by atoms with Gasteiger partial charge in [-0.25, -0.2) is 4.57 Å². The van der Waals surface area contributed by atoms with Gasteiger partial charge in [0.2, 0.25) is 0 Å². The number of nitrogens with two attached hydrogens (primary N) is 1. The third-order valence-corrected chi connectivity index (χ3v) is 18.3. The summed E-state index contributed by atoms with van der Waals surface area (Å²) >= 11 is 0. The Balaban J connectivity index is 3.72. The Kier molecular flexibility index (Phi) is 70.3. The van der Waals surface area contributed by atoms with Gasteiger partial charge in [0, 0.05) is 19.4 Å². The van der Waals surface area contributed by atoms with E-state index in [9.17, 15) is 19.0 Å². The van der Waals surface area contributed by atoms with E-state index in [2.05, 4.69) is 38.2 Å². The van der Waals surface area contributed by atoms with Gasteiger partial charge in [-0.1, -0.05) is 378 Å². The number of carbonyl (C=O) groups excluding carboxylic acids is 2. The molecule has 0 aromatic carbocycles. The zero-order valence-electron chi connectivity index (χ0n) is 56.9. The number of esters is 2. The summed E-state index contributed by atoms with van der Waals surface area (Å²) in [5.74, 6) is -0.799. The van der Waals surface area contributed by atoms with Crippen LogP contribution in [0.25, 0.3) is 0 Å². The summed E-state index contributed by atoms with van der Waals surface area (Å²) in [7, 11) is -4.39. The van der Waals surface area contributed by atoms with Crippen LogP contribution in [0.2, 0.25) is 0 Å². The fraction of sp³-hybridized carbons (Fsp3) is 0.920. The molecule has 0 aliphatic heterocycles. The zero-order valence-corrected chi connectivity index (χ0v) is 57.8. The van der Waals surface area contributed by atoms with Crippen LogP contribution < -0.4 is 5.73 Å². The van der Waals surface area contributed by atoms with Crippen molar-refractivity contribution in [3.05, 3.63) is 24.3 Å². The van der Waals surface area contributed by atoms with Gasteiger partial charge in [-0.05, 0) is 44.9 Å². The topological polar surface area (TPSA) is 134 Å². The molecule has 0 fully saturated rings. The summed E-state index contributed by atoms with van der Waals surface area (Å²) < 4.78 is 33.2. The standard InChI is InChI=1S/C75H146NO8P/c1-3-5-7-9-11-13-15-17-19-21-23-25-27-28-29-30-31-32-33-34-35-36-37-38-39-40-41-42-43-44-46-48-50-52-54-56-58-60-62-64-66-68-75(78)84-73(72-83-85(79,80)82-70-69-76)71-81-74(77)67-65-63-61-59-57-55-53-51-49-47-45-26-24-22-20-18-16-14-12-10-8-6-4-2/h15,17,21,23,73H,3-14,16,18-20,22,24-72,76H2,1-2H3,(H,79,80)/b17-15-,23-21-. The van der Waals surface area contributed by atoms with Crippen molar-refractivity contribution in [3.63, 3.8) is 0 Å². The van der Waals surface area contributed by atoms with Crippen LogP contribution in [0.1, 0.15) is 412 Å². The summed E-state index contributed by atoms with van der Waals surface area (Å²) in [5.41, 5.74) is 5.41. The number of unbranched alkanes of at least 4 members (excludes halogenated alkanes) is 56. The van der Waals surface area contributed by atoms with Crippen molar-refractivity contribution in [2.45, 2.75) is 418 Å². The molecule has 0 aliphatic carbocycles. The van der Waals surface area contributed by atoms with E-state index >= 15 is 0 Å². The van der Waals surface area contributed by atoms with Crippen molar-refractivity contribution in [1.29, 1.82) is 0 Å².